The molecule has 0 fully saturated rings. The van der Waals surface area contributed by atoms with E-state index >= 15 is 0 Å². The summed E-state index contributed by atoms with van der Waals surface area (Å²) in [6.07, 6.45) is 0.00533. The molecule has 0 radical (unpaired) electrons. The van der Waals surface area contributed by atoms with Gasteiger partial charge in [0.1, 0.15) is 17.3 Å². The van der Waals surface area contributed by atoms with E-state index in [1.54, 1.807) is 27.7 Å². The second kappa shape index (κ2) is 6.13. The van der Waals surface area contributed by atoms with Crippen LogP contribution >= 0.6 is 0 Å². The maximum atomic E-state index is 11.5. The molecule has 94 valence electrons. The number of carbonyl (C=O) groups is 2. The average molecular weight is 248 g/mol. The van der Waals surface area contributed by atoms with Crippen molar-refractivity contribution in [1.82, 2.24) is 0 Å². The lowest BCUT2D eigenvalue weighted by Gasteiger charge is -2.06. The van der Waals surface area contributed by atoms with Crippen LogP contribution in [-0.4, -0.2) is 31.5 Å². The van der Waals surface area contributed by atoms with Gasteiger partial charge in [0.05, 0.1) is 5.75 Å². The fourth-order valence-electron chi connectivity index (χ4n) is 1.00. The molecule has 4 nitrogen and oxygen atoms in total. The average Bonchev–Trinajstić information content (AvgIpc) is 2.13. The van der Waals surface area contributed by atoms with E-state index < -0.39 is 15.6 Å². The summed E-state index contributed by atoms with van der Waals surface area (Å²) in [5.41, 5.74) is 0. The Morgan fingerprint density at radius 2 is 1.38 bits per heavy atom. The van der Waals surface area contributed by atoms with Crippen LogP contribution in [0, 0.1) is 11.8 Å². The zero-order valence-corrected chi connectivity index (χ0v) is 11.1. The van der Waals surface area contributed by atoms with Crippen molar-refractivity contribution >= 4 is 21.4 Å². The lowest BCUT2D eigenvalue weighted by Crippen LogP contribution is -2.24. The molecule has 0 rings (SSSR count). The molecule has 0 amide bonds. The first kappa shape index (κ1) is 15.3. The summed E-state index contributed by atoms with van der Waals surface area (Å²) in [5, 5.41) is 0. The lowest BCUT2D eigenvalue weighted by atomic mass is 10.1. The van der Waals surface area contributed by atoms with E-state index in [0.717, 1.165) is 0 Å². The van der Waals surface area contributed by atoms with E-state index in [1.807, 2.05) is 0 Å². The highest BCUT2D eigenvalue weighted by Gasteiger charge is 2.20. The van der Waals surface area contributed by atoms with Crippen LogP contribution in [0.2, 0.25) is 0 Å². The number of sulfone groups is 1. The van der Waals surface area contributed by atoms with Gasteiger partial charge in [0, 0.05) is 18.3 Å². The predicted molar refractivity (Wildman–Crippen MR) is 63.0 cm³/mol. The summed E-state index contributed by atoms with van der Waals surface area (Å²) < 4.78 is 23.0. The van der Waals surface area contributed by atoms with Gasteiger partial charge in [-0.25, -0.2) is 8.42 Å². The van der Waals surface area contributed by atoms with E-state index in [-0.39, 0.29) is 35.6 Å². The Kier molecular flexibility index (Phi) is 5.86. The highest BCUT2D eigenvalue weighted by molar-refractivity contribution is 7.92. The molecule has 0 N–H and O–H groups in total. The van der Waals surface area contributed by atoms with E-state index in [9.17, 15) is 18.0 Å². The van der Waals surface area contributed by atoms with Gasteiger partial charge in [-0.2, -0.15) is 0 Å². The highest BCUT2D eigenvalue weighted by atomic mass is 32.2. The van der Waals surface area contributed by atoms with Gasteiger partial charge in [-0.3, -0.25) is 9.59 Å². The summed E-state index contributed by atoms with van der Waals surface area (Å²) in [4.78, 5) is 22.5. The zero-order valence-electron chi connectivity index (χ0n) is 10.3. The van der Waals surface area contributed by atoms with Crippen molar-refractivity contribution in [3.63, 3.8) is 0 Å². The Morgan fingerprint density at radius 3 is 1.75 bits per heavy atom. The second-order valence-electron chi connectivity index (χ2n) is 4.58. The van der Waals surface area contributed by atoms with Crippen LogP contribution < -0.4 is 0 Å². The van der Waals surface area contributed by atoms with Crippen molar-refractivity contribution in [3.05, 3.63) is 0 Å². The molecule has 16 heavy (non-hydrogen) atoms. The molecule has 0 heterocycles. The number of Topliss-reactive ketones (excluding diaryl/α,β-unsaturated/α-hetero) is 2. The number of rotatable bonds is 7. The molecule has 0 aliphatic heterocycles. The molecular formula is C11H20O4S. The van der Waals surface area contributed by atoms with E-state index in [1.165, 1.54) is 0 Å². The van der Waals surface area contributed by atoms with Gasteiger partial charge in [-0.1, -0.05) is 27.7 Å². The van der Waals surface area contributed by atoms with Gasteiger partial charge in [-0.15, -0.1) is 0 Å². The second-order valence-corrected chi connectivity index (χ2v) is 6.77. The van der Waals surface area contributed by atoms with Crippen molar-refractivity contribution < 1.29 is 18.0 Å². The number of hydrogen-bond acceptors (Lipinski definition) is 4. The molecule has 0 atom stereocenters. The lowest BCUT2D eigenvalue weighted by molar-refractivity contribution is -0.121. The van der Waals surface area contributed by atoms with E-state index in [4.69, 9.17) is 0 Å². The molecule has 0 aromatic rings. The zero-order chi connectivity index (χ0) is 12.9. The van der Waals surface area contributed by atoms with Gasteiger partial charge >= 0.3 is 0 Å². The van der Waals surface area contributed by atoms with Crippen molar-refractivity contribution in [3.8, 4) is 0 Å². The third-order valence-corrected chi connectivity index (χ3v) is 3.86. The topological polar surface area (TPSA) is 68.3 Å². The molecule has 0 unspecified atom stereocenters. The molecule has 0 spiro atoms. The summed E-state index contributed by atoms with van der Waals surface area (Å²) >= 11 is 0. The summed E-state index contributed by atoms with van der Waals surface area (Å²) in [5.74, 6) is -1.48. The number of hydrogen-bond donors (Lipinski definition) is 0. The molecule has 0 aliphatic rings. The minimum absolute atomic E-state index is 0.00533. The van der Waals surface area contributed by atoms with Gasteiger partial charge in [0.25, 0.3) is 0 Å². The normalized spacial score (nSPS) is 12.1. The Hall–Kier alpha value is -0.710. The minimum Gasteiger partial charge on any atom is -0.299 e. The molecule has 0 saturated heterocycles. The van der Waals surface area contributed by atoms with Gasteiger partial charge < -0.3 is 0 Å². The largest absolute Gasteiger partial charge is 0.299 e. The quantitative estimate of drug-likeness (QED) is 0.680. The van der Waals surface area contributed by atoms with Crippen molar-refractivity contribution in [1.29, 1.82) is 0 Å². The Morgan fingerprint density at radius 1 is 0.938 bits per heavy atom. The maximum absolute atomic E-state index is 11.5. The van der Waals surface area contributed by atoms with Crippen LogP contribution in [0.1, 0.15) is 34.1 Å². The monoisotopic (exact) mass is 248 g/mol. The Bertz CT molecular complexity index is 352. The fourth-order valence-corrected chi connectivity index (χ4v) is 2.42. The van der Waals surface area contributed by atoms with Gasteiger partial charge in [-0.05, 0) is 0 Å². The van der Waals surface area contributed by atoms with Crippen LogP contribution in [0.25, 0.3) is 0 Å². The number of carbonyl (C=O) groups excluding carboxylic acids is 2. The van der Waals surface area contributed by atoms with Crippen molar-refractivity contribution in [2.75, 3.05) is 11.5 Å². The highest BCUT2D eigenvalue weighted by Crippen LogP contribution is 2.05. The maximum Gasteiger partial charge on any atom is 0.157 e. The van der Waals surface area contributed by atoms with Crippen LogP contribution in [0.4, 0.5) is 0 Å². The molecular weight excluding hydrogens is 228 g/mol. The third-order valence-electron chi connectivity index (χ3n) is 2.31. The summed E-state index contributed by atoms with van der Waals surface area (Å²) in [6.45, 7) is 6.79. The summed E-state index contributed by atoms with van der Waals surface area (Å²) in [6, 6.07) is 0. The Balaban J connectivity index is 4.27. The molecule has 0 aromatic carbocycles. The molecule has 0 bridgehead atoms. The first-order valence-corrected chi connectivity index (χ1v) is 7.23. The predicted octanol–water partition coefficient (Wildman–Crippen LogP) is 1.24. The van der Waals surface area contributed by atoms with Gasteiger partial charge in [0.2, 0.25) is 0 Å². The molecule has 0 aliphatic carbocycles. The third kappa shape index (κ3) is 6.00. The Labute approximate surface area is 97.3 Å². The molecule has 0 saturated carbocycles. The number of ketones is 2. The van der Waals surface area contributed by atoms with E-state index in [0.29, 0.717) is 0 Å². The van der Waals surface area contributed by atoms with Crippen molar-refractivity contribution in [2.24, 2.45) is 11.8 Å². The molecule has 5 heteroatoms. The minimum atomic E-state index is -3.42. The first-order valence-electron chi connectivity index (χ1n) is 5.41. The van der Waals surface area contributed by atoms with Gasteiger partial charge in [0.15, 0.2) is 9.84 Å². The van der Waals surface area contributed by atoms with Crippen LogP contribution in [0.15, 0.2) is 0 Å². The first-order chi connectivity index (χ1) is 7.15. The van der Waals surface area contributed by atoms with Crippen molar-refractivity contribution in [2.45, 2.75) is 34.1 Å². The SMILES string of the molecule is CC(C)C(=O)CCS(=O)(=O)CC(=O)C(C)C. The van der Waals surface area contributed by atoms with Crippen LogP contribution in [0.5, 0.6) is 0 Å². The standard InChI is InChI=1S/C11H20O4S/c1-8(2)10(12)5-6-16(14,15)7-11(13)9(3)4/h8-9H,5-7H2,1-4H3. The summed E-state index contributed by atoms with van der Waals surface area (Å²) in [7, 11) is -3.42. The van der Waals surface area contributed by atoms with Crippen LogP contribution in [-0.2, 0) is 19.4 Å². The van der Waals surface area contributed by atoms with Crippen LogP contribution in [0.3, 0.4) is 0 Å². The molecule has 0 aromatic heterocycles. The fraction of sp³-hybridized carbons (Fsp3) is 0.818. The van der Waals surface area contributed by atoms with E-state index in [2.05, 4.69) is 0 Å². The smallest absolute Gasteiger partial charge is 0.157 e.